The van der Waals surface area contributed by atoms with E-state index in [1.807, 2.05) is 18.2 Å². The normalized spacial score (nSPS) is 17.7. The van der Waals surface area contributed by atoms with Crippen molar-refractivity contribution in [2.45, 2.75) is 49.0 Å². The predicted octanol–water partition coefficient (Wildman–Crippen LogP) is 3.76. The van der Waals surface area contributed by atoms with E-state index in [2.05, 4.69) is 41.2 Å². The van der Waals surface area contributed by atoms with E-state index >= 15 is 0 Å². The first-order chi connectivity index (χ1) is 15.5. The van der Waals surface area contributed by atoms with Crippen LogP contribution in [0.5, 0.6) is 11.5 Å². The van der Waals surface area contributed by atoms with Crippen LogP contribution in [0.3, 0.4) is 0 Å². The molecule has 1 aliphatic heterocycles. The van der Waals surface area contributed by atoms with E-state index in [0.717, 1.165) is 18.4 Å². The third-order valence-electron chi connectivity index (χ3n) is 5.95. The molecule has 0 bridgehead atoms. The Balaban J connectivity index is 1.51. The number of benzene rings is 2. The van der Waals surface area contributed by atoms with Gasteiger partial charge >= 0.3 is 0 Å². The van der Waals surface area contributed by atoms with Crippen LogP contribution in [0.25, 0.3) is 0 Å². The second-order valence-electron chi connectivity index (χ2n) is 8.14. The standard InChI is InChI=1S/C25H32N2O4S/c1-30-21-9-6-18(16-22(21)31-2)12-15-26-23(28)10-13-25(14-11-24(29)27-25)17-19-4-7-20(32-3)8-5-19/h4-9,16H,10-15,17H2,1-3H3,(H,26,28)(H,27,29)/t25-/m0/s1. The molecule has 6 nitrogen and oxygen atoms in total. The molecule has 0 saturated carbocycles. The van der Waals surface area contributed by atoms with Crippen molar-refractivity contribution in [3.8, 4) is 11.5 Å². The molecule has 0 unspecified atom stereocenters. The second-order valence-corrected chi connectivity index (χ2v) is 9.02. The van der Waals surface area contributed by atoms with Gasteiger partial charge in [-0.05, 0) is 67.3 Å². The number of carbonyl (C=O) groups excluding carboxylic acids is 2. The van der Waals surface area contributed by atoms with E-state index in [4.69, 9.17) is 9.47 Å². The Morgan fingerprint density at radius 1 is 1.09 bits per heavy atom. The second kappa shape index (κ2) is 11.3. The number of thioether (sulfide) groups is 1. The van der Waals surface area contributed by atoms with Gasteiger partial charge in [0.05, 0.1) is 14.2 Å². The molecule has 1 heterocycles. The first-order valence-corrected chi connectivity index (χ1v) is 12.1. The molecule has 2 N–H and O–H groups in total. The Kier molecular flexibility index (Phi) is 8.45. The Hall–Kier alpha value is -2.67. The Bertz CT molecular complexity index is 932. The maximum Gasteiger partial charge on any atom is 0.220 e. The summed E-state index contributed by atoms with van der Waals surface area (Å²) in [6.45, 7) is 0.545. The molecule has 0 radical (unpaired) electrons. The van der Waals surface area contributed by atoms with Crippen LogP contribution in [-0.2, 0) is 22.4 Å². The van der Waals surface area contributed by atoms with E-state index < -0.39 is 0 Å². The molecule has 172 valence electrons. The lowest BCUT2D eigenvalue weighted by Gasteiger charge is -2.29. The van der Waals surface area contributed by atoms with Gasteiger partial charge in [-0.3, -0.25) is 9.59 Å². The van der Waals surface area contributed by atoms with Crippen LogP contribution in [0.1, 0.15) is 36.8 Å². The molecule has 1 aliphatic rings. The lowest BCUT2D eigenvalue weighted by atomic mass is 9.85. The number of methoxy groups -OCH3 is 2. The summed E-state index contributed by atoms with van der Waals surface area (Å²) in [6, 6.07) is 14.2. The first kappa shape index (κ1) is 24.0. The molecule has 1 atom stereocenters. The number of nitrogens with one attached hydrogen (secondary N) is 2. The molecule has 0 aromatic heterocycles. The topological polar surface area (TPSA) is 76.7 Å². The fourth-order valence-corrected chi connectivity index (χ4v) is 4.55. The number of rotatable bonds is 11. The van der Waals surface area contributed by atoms with Gasteiger partial charge in [0.1, 0.15) is 0 Å². The highest BCUT2D eigenvalue weighted by molar-refractivity contribution is 7.98. The van der Waals surface area contributed by atoms with Crippen LogP contribution >= 0.6 is 11.8 Å². The highest BCUT2D eigenvalue weighted by Crippen LogP contribution is 2.30. The van der Waals surface area contributed by atoms with Crippen molar-refractivity contribution in [2.24, 2.45) is 0 Å². The molecule has 1 saturated heterocycles. The predicted molar refractivity (Wildman–Crippen MR) is 128 cm³/mol. The van der Waals surface area contributed by atoms with Crippen LogP contribution in [0.15, 0.2) is 47.4 Å². The van der Waals surface area contributed by atoms with Gasteiger partial charge < -0.3 is 20.1 Å². The third-order valence-corrected chi connectivity index (χ3v) is 6.69. The Labute approximate surface area is 194 Å². The number of hydrogen-bond acceptors (Lipinski definition) is 5. The molecular weight excluding hydrogens is 424 g/mol. The minimum Gasteiger partial charge on any atom is -0.493 e. The van der Waals surface area contributed by atoms with Crippen LogP contribution in [0.4, 0.5) is 0 Å². The van der Waals surface area contributed by atoms with Crippen molar-refractivity contribution in [3.05, 3.63) is 53.6 Å². The summed E-state index contributed by atoms with van der Waals surface area (Å²) in [7, 11) is 3.22. The lowest BCUT2D eigenvalue weighted by molar-refractivity contribution is -0.122. The van der Waals surface area contributed by atoms with Gasteiger partial charge in [0.15, 0.2) is 11.5 Å². The summed E-state index contributed by atoms with van der Waals surface area (Å²) in [5.74, 6) is 1.44. The van der Waals surface area contributed by atoms with E-state index in [1.54, 1.807) is 26.0 Å². The highest BCUT2D eigenvalue weighted by atomic mass is 32.2. The quantitative estimate of drug-likeness (QED) is 0.504. The van der Waals surface area contributed by atoms with E-state index in [0.29, 0.717) is 43.7 Å². The highest BCUT2D eigenvalue weighted by Gasteiger charge is 2.37. The van der Waals surface area contributed by atoms with Crippen molar-refractivity contribution >= 4 is 23.6 Å². The van der Waals surface area contributed by atoms with Crippen molar-refractivity contribution in [3.63, 3.8) is 0 Å². The van der Waals surface area contributed by atoms with Crippen molar-refractivity contribution in [2.75, 3.05) is 27.0 Å². The minimum absolute atomic E-state index is 0.00346. The zero-order valence-corrected chi connectivity index (χ0v) is 19.8. The maximum atomic E-state index is 12.5. The van der Waals surface area contributed by atoms with Crippen LogP contribution in [-0.4, -0.2) is 44.4 Å². The van der Waals surface area contributed by atoms with Crippen molar-refractivity contribution in [1.82, 2.24) is 10.6 Å². The van der Waals surface area contributed by atoms with Gasteiger partial charge in [0, 0.05) is 29.8 Å². The molecule has 32 heavy (non-hydrogen) atoms. The number of ether oxygens (including phenoxy) is 2. The monoisotopic (exact) mass is 456 g/mol. The summed E-state index contributed by atoms with van der Waals surface area (Å²) in [6.07, 6.45) is 5.79. The molecule has 2 aromatic rings. The van der Waals surface area contributed by atoms with Gasteiger partial charge in [0.25, 0.3) is 0 Å². The molecule has 0 spiro atoms. The fraction of sp³-hybridized carbons (Fsp3) is 0.440. The molecule has 1 fully saturated rings. The Morgan fingerprint density at radius 3 is 2.44 bits per heavy atom. The average molecular weight is 457 g/mol. The van der Waals surface area contributed by atoms with Crippen molar-refractivity contribution < 1.29 is 19.1 Å². The van der Waals surface area contributed by atoms with Crippen LogP contribution in [0, 0.1) is 0 Å². The van der Waals surface area contributed by atoms with Gasteiger partial charge in [0.2, 0.25) is 11.8 Å². The zero-order valence-electron chi connectivity index (χ0n) is 19.0. The largest absolute Gasteiger partial charge is 0.493 e. The zero-order chi connectivity index (χ0) is 23.0. The summed E-state index contributed by atoms with van der Waals surface area (Å²) in [5.41, 5.74) is 1.90. The molecule has 0 aliphatic carbocycles. The molecule has 3 rings (SSSR count). The maximum absolute atomic E-state index is 12.5. The molecule has 2 amide bonds. The summed E-state index contributed by atoms with van der Waals surface area (Å²) < 4.78 is 10.6. The van der Waals surface area contributed by atoms with Gasteiger partial charge in [-0.25, -0.2) is 0 Å². The van der Waals surface area contributed by atoms with Gasteiger partial charge in [-0.15, -0.1) is 11.8 Å². The van der Waals surface area contributed by atoms with Crippen LogP contribution < -0.4 is 20.1 Å². The summed E-state index contributed by atoms with van der Waals surface area (Å²) >= 11 is 1.71. The van der Waals surface area contributed by atoms with Gasteiger partial charge in [-0.2, -0.15) is 0 Å². The first-order valence-electron chi connectivity index (χ1n) is 10.9. The summed E-state index contributed by atoms with van der Waals surface area (Å²) in [5, 5.41) is 6.16. The molecular formula is C25H32N2O4S. The Morgan fingerprint density at radius 2 is 1.81 bits per heavy atom. The lowest BCUT2D eigenvalue weighted by Crippen LogP contribution is -2.44. The van der Waals surface area contributed by atoms with E-state index in [9.17, 15) is 9.59 Å². The van der Waals surface area contributed by atoms with Crippen molar-refractivity contribution in [1.29, 1.82) is 0 Å². The number of carbonyl (C=O) groups is 2. The summed E-state index contributed by atoms with van der Waals surface area (Å²) in [4.78, 5) is 25.7. The third kappa shape index (κ3) is 6.42. The SMILES string of the molecule is COc1ccc(CCNC(=O)CC[C@@]2(Cc3ccc(SC)cc3)CCC(=O)N2)cc1OC. The molecule has 7 heteroatoms. The number of hydrogen-bond donors (Lipinski definition) is 2. The molecule has 2 aromatic carbocycles. The smallest absolute Gasteiger partial charge is 0.220 e. The van der Waals surface area contributed by atoms with E-state index in [1.165, 1.54) is 10.5 Å². The average Bonchev–Trinajstić information content (AvgIpc) is 3.18. The fourth-order valence-electron chi connectivity index (χ4n) is 4.14. The van der Waals surface area contributed by atoms with E-state index in [-0.39, 0.29) is 17.4 Å². The van der Waals surface area contributed by atoms with Crippen LogP contribution in [0.2, 0.25) is 0 Å². The number of amides is 2. The minimum atomic E-state index is -0.349. The van der Waals surface area contributed by atoms with Gasteiger partial charge in [-0.1, -0.05) is 18.2 Å².